The summed E-state index contributed by atoms with van der Waals surface area (Å²) in [6.07, 6.45) is 0. The minimum atomic E-state index is -0.0725. The summed E-state index contributed by atoms with van der Waals surface area (Å²) < 4.78 is 1.80. The first-order chi connectivity index (χ1) is 11.3. The van der Waals surface area contributed by atoms with Crippen molar-refractivity contribution in [3.05, 3.63) is 53.3 Å². The molecule has 0 aliphatic rings. The molecule has 1 aromatic carbocycles. The van der Waals surface area contributed by atoms with Crippen molar-refractivity contribution in [2.24, 2.45) is 0 Å². The maximum Gasteiger partial charge on any atom is 0.179 e. The van der Waals surface area contributed by atoms with E-state index < -0.39 is 0 Å². The molecule has 0 bridgehead atoms. The van der Waals surface area contributed by atoms with Gasteiger partial charge in [-0.05, 0) is 17.5 Å². The molecule has 0 unspecified atom stereocenters. The van der Waals surface area contributed by atoms with Crippen LogP contribution in [-0.2, 0) is 0 Å². The average molecular weight is 294 g/mol. The number of pyridine rings is 1. The van der Waals surface area contributed by atoms with Gasteiger partial charge in [-0.1, -0.05) is 24.3 Å². The smallest absolute Gasteiger partial charge is 0.179 e. The first-order valence-corrected chi connectivity index (χ1v) is 6.72. The minimum absolute atomic E-state index is 0.0446. The summed E-state index contributed by atoms with van der Waals surface area (Å²) in [5.41, 5.74) is 2.48. The average Bonchev–Trinajstić information content (AvgIpc) is 2.93. The van der Waals surface area contributed by atoms with Gasteiger partial charge in [0.2, 0.25) is 0 Å². The van der Waals surface area contributed by atoms with Gasteiger partial charge in [-0.3, -0.25) is 4.40 Å². The molecule has 3 aromatic heterocycles. The van der Waals surface area contributed by atoms with Crippen LogP contribution in [0.5, 0.6) is 0 Å². The van der Waals surface area contributed by atoms with E-state index >= 15 is 0 Å². The van der Waals surface area contributed by atoms with Crippen molar-refractivity contribution in [1.82, 2.24) is 14.4 Å². The predicted octanol–water partition coefficient (Wildman–Crippen LogP) is 2.65. The third-order valence-electron chi connectivity index (χ3n) is 3.75. The van der Waals surface area contributed by atoms with E-state index in [1.807, 2.05) is 48.5 Å². The molecule has 3 heterocycles. The summed E-state index contributed by atoms with van der Waals surface area (Å²) in [7, 11) is 0. The summed E-state index contributed by atoms with van der Waals surface area (Å²) in [5, 5.41) is 28.8. The molecule has 6 nitrogen and oxygen atoms in total. The zero-order valence-corrected chi connectivity index (χ0v) is 11.6. The molecule has 0 saturated heterocycles. The van der Waals surface area contributed by atoms with Gasteiger partial charge in [0.05, 0.1) is 11.0 Å². The largest absolute Gasteiger partial charge is 0.291 e. The van der Waals surface area contributed by atoms with Gasteiger partial charge in [0.25, 0.3) is 0 Å². The second-order valence-corrected chi connectivity index (χ2v) is 4.92. The van der Waals surface area contributed by atoms with E-state index in [-0.39, 0.29) is 11.4 Å². The minimum Gasteiger partial charge on any atom is -0.291 e. The fourth-order valence-electron chi connectivity index (χ4n) is 2.77. The van der Waals surface area contributed by atoms with Gasteiger partial charge >= 0.3 is 0 Å². The number of benzene rings is 1. The predicted molar refractivity (Wildman–Crippen MR) is 82.1 cm³/mol. The van der Waals surface area contributed by atoms with Gasteiger partial charge in [0, 0.05) is 0 Å². The number of nitriles is 3. The Morgan fingerprint density at radius 2 is 1.52 bits per heavy atom. The molecule has 4 aromatic rings. The van der Waals surface area contributed by atoms with E-state index in [9.17, 15) is 10.5 Å². The maximum absolute atomic E-state index is 9.51. The molecular weight excluding hydrogens is 288 g/mol. The Labute approximate surface area is 130 Å². The molecule has 0 fully saturated rings. The Balaban J connectivity index is 2.36. The van der Waals surface area contributed by atoms with Crippen molar-refractivity contribution in [1.29, 1.82) is 15.8 Å². The lowest BCUT2D eigenvalue weighted by atomic mass is 10.2. The molecule has 6 heteroatoms. The summed E-state index contributed by atoms with van der Waals surface area (Å²) in [4.78, 5) is 8.47. The molecule has 23 heavy (non-hydrogen) atoms. The van der Waals surface area contributed by atoms with E-state index in [1.54, 1.807) is 4.40 Å². The van der Waals surface area contributed by atoms with Crippen LogP contribution >= 0.6 is 0 Å². The number of hydrogen-bond acceptors (Lipinski definition) is 5. The summed E-state index contributed by atoms with van der Waals surface area (Å²) in [6, 6.07) is 17.3. The van der Waals surface area contributed by atoms with Crippen LogP contribution in [0.4, 0.5) is 0 Å². The van der Waals surface area contributed by atoms with Crippen LogP contribution in [0.25, 0.3) is 27.6 Å². The van der Waals surface area contributed by atoms with E-state index in [1.165, 1.54) is 0 Å². The van der Waals surface area contributed by atoms with Crippen LogP contribution in [0, 0.1) is 34.0 Å². The number of aromatic nitrogens is 3. The maximum atomic E-state index is 9.51. The van der Waals surface area contributed by atoms with E-state index in [2.05, 4.69) is 16.0 Å². The van der Waals surface area contributed by atoms with Gasteiger partial charge in [-0.25, -0.2) is 9.97 Å². The van der Waals surface area contributed by atoms with Crippen LogP contribution in [0.15, 0.2) is 36.4 Å². The Kier molecular flexibility index (Phi) is 2.51. The zero-order valence-electron chi connectivity index (χ0n) is 11.6. The van der Waals surface area contributed by atoms with Crippen LogP contribution in [-0.4, -0.2) is 14.4 Å². The molecule has 0 atom stereocenters. The second-order valence-electron chi connectivity index (χ2n) is 4.92. The van der Waals surface area contributed by atoms with Crippen molar-refractivity contribution in [3.63, 3.8) is 0 Å². The zero-order chi connectivity index (χ0) is 16.0. The lowest BCUT2D eigenvalue weighted by Gasteiger charge is -2.03. The van der Waals surface area contributed by atoms with E-state index in [0.29, 0.717) is 22.2 Å². The van der Waals surface area contributed by atoms with Crippen LogP contribution in [0.1, 0.15) is 17.0 Å². The Hall–Kier alpha value is -3.95. The highest BCUT2D eigenvalue weighted by atomic mass is 15.0. The van der Waals surface area contributed by atoms with Gasteiger partial charge < -0.3 is 0 Å². The standard InChI is InChI=1S/C17H6N6/c18-7-11-15-6-5-10-3-1-2-4-14(10)23(15)17-16(11)21-12(8-19)13(9-20)22-17/h1-6H. The molecule has 0 amide bonds. The van der Waals surface area contributed by atoms with E-state index in [0.717, 1.165) is 10.9 Å². The fourth-order valence-corrected chi connectivity index (χ4v) is 2.77. The Morgan fingerprint density at radius 3 is 2.26 bits per heavy atom. The van der Waals surface area contributed by atoms with E-state index in [4.69, 9.17) is 5.26 Å². The normalized spacial score (nSPS) is 10.5. The van der Waals surface area contributed by atoms with Crippen molar-refractivity contribution >= 4 is 27.6 Å². The van der Waals surface area contributed by atoms with Gasteiger partial charge in [0.15, 0.2) is 17.0 Å². The second kappa shape index (κ2) is 4.53. The number of para-hydroxylation sites is 1. The van der Waals surface area contributed by atoms with Crippen LogP contribution in [0.3, 0.4) is 0 Å². The molecule has 0 saturated carbocycles. The van der Waals surface area contributed by atoms with Crippen molar-refractivity contribution in [3.8, 4) is 18.2 Å². The Morgan fingerprint density at radius 1 is 0.783 bits per heavy atom. The van der Waals surface area contributed by atoms with Gasteiger partial charge in [0.1, 0.15) is 29.3 Å². The first-order valence-electron chi connectivity index (χ1n) is 6.72. The monoisotopic (exact) mass is 294 g/mol. The van der Waals surface area contributed by atoms with Crippen LogP contribution < -0.4 is 0 Å². The molecule has 0 spiro atoms. The van der Waals surface area contributed by atoms with Crippen molar-refractivity contribution in [2.75, 3.05) is 0 Å². The van der Waals surface area contributed by atoms with Gasteiger partial charge in [-0.15, -0.1) is 0 Å². The summed E-state index contributed by atoms with van der Waals surface area (Å²) in [5.74, 6) is 0. The molecule has 0 N–H and O–H groups in total. The third kappa shape index (κ3) is 1.59. The fraction of sp³-hybridized carbons (Fsp3) is 0. The van der Waals surface area contributed by atoms with Crippen molar-refractivity contribution < 1.29 is 0 Å². The number of hydrogen-bond donors (Lipinski definition) is 0. The summed E-state index contributed by atoms with van der Waals surface area (Å²) >= 11 is 0. The highest BCUT2D eigenvalue weighted by Gasteiger charge is 2.19. The highest BCUT2D eigenvalue weighted by molar-refractivity contribution is 5.96. The number of rotatable bonds is 0. The lowest BCUT2D eigenvalue weighted by molar-refractivity contribution is 1.16. The van der Waals surface area contributed by atoms with Gasteiger partial charge in [-0.2, -0.15) is 15.8 Å². The molecule has 0 radical (unpaired) electrons. The highest BCUT2D eigenvalue weighted by Crippen LogP contribution is 2.28. The quantitative estimate of drug-likeness (QED) is 0.496. The topological polar surface area (TPSA) is 102 Å². The SMILES string of the molecule is N#Cc1nc2c(C#N)c3ccc4ccccc4n3c2nc1C#N. The van der Waals surface area contributed by atoms with Crippen LogP contribution in [0.2, 0.25) is 0 Å². The molecule has 104 valence electrons. The number of nitrogens with zero attached hydrogens (tertiary/aromatic N) is 6. The lowest BCUT2D eigenvalue weighted by Crippen LogP contribution is -1.97. The molecular formula is C17H6N6. The summed E-state index contributed by atoms with van der Waals surface area (Å²) in [6.45, 7) is 0. The Bertz CT molecular complexity index is 1240. The molecule has 0 aliphatic heterocycles. The third-order valence-corrected chi connectivity index (χ3v) is 3.75. The molecule has 0 aliphatic carbocycles. The number of fused-ring (bicyclic) bond motifs is 5. The first kappa shape index (κ1) is 12.8. The molecule has 4 rings (SSSR count). The van der Waals surface area contributed by atoms with Crippen molar-refractivity contribution in [2.45, 2.75) is 0 Å².